The fourth-order valence-electron chi connectivity index (χ4n) is 7.63. The van der Waals surface area contributed by atoms with Crippen LogP contribution >= 0.6 is 0 Å². The number of rotatable bonds is 7. The van der Waals surface area contributed by atoms with Gasteiger partial charge < -0.3 is 14.6 Å². The first-order valence-corrected chi connectivity index (χ1v) is 14.8. The average molecular weight is 529 g/mol. The molecule has 1 saturated carbocycles. The van der Waals surface area contributed by atoms with Crippen LogP contribution in [0, 0.1) is 11.8 Å². The Labute approximate surface area is 230 Å². The van der Waals surface area contributed by atoms with E-state index in [0.29, 0.717) is 23.3 Å². The molecule has 206 valence electrons. The van der Waals surface area contributed by atoms with Crippen molar-refractivity contribution in [3.8, 4) is 0 Å². The molecule has 2 saturated heterocycles. The first kappa shape index (κ1) is 26.2. The fourth-order valence-corrected chi connectivity index (χ4v) is 7.63. The maximum absolute atomic E-state index is 12.5. The van der Waals surface area contributed by atoms with E-state index < -0.39 is 5.97 Å². The molecule has 0 amide bonds. The molecule has 1 aliphatic carbocycles. The number of carboxylic acids is 1. The first-order chi connectivity index (χ1) is 19.1. The van der Waals surface area contributed by atoms with Crippen LogP contribution in [-0.2, 0) is 4.79 Å². The van der Waals surface area contributed by atoms with Crippen LogP contribution in [0.15, 0.2) is 65.7 Å². The van der Waals surface area contributed by atoms with Gasteiger partial charge >= 0.3 is 5.97 Å². The van der Waals surface area contributed by atoms with Crippen LogP contribution in [0.1, 0.15) is 62.5 Å². The van der Waals surface area contributed by atoms with E-state index in [9.17, 15) is 14.7 Å². The summed E-state index contributed by atoms with van der Waals surface area (Å²) in [7, 11) is 0. The average Bonchev–Trinajstić information content (AvgIpc) is 3.38. The van der Waals surface area contributed by atoms with Crippen LogP contribution in [0.25, 0.3) is 10.9 Å². The lowest BCUT2D eigenvalue weighted by Crippen LogP contribution is -2.46. The van der Waals surface area contributed by atoms with Gasteiger partial charge in [-0.15, -0.1) is 0 Å². The number of benzene rings is 2. The molecule has 3 aromatic rings. The van der Waals surface area contributed by atoms with E-state index in [1.807, 2.05) is 24.3 Å². The predicted octanol–water partition coefficient (Wildman–Crippen LogP) is 4.78. The number of piperidine rings is 1. The SMILES string of the molecule is O=C(O)[C@@H](C1CCCCC1)N1C[C@H](CN2CCC(n3cnc(=O)c4ccccc43)CC2)[C@@H](c2ccccc2)C1. The van der Waals surface area contributed by atoms with Crippen molar-refractivity contribution in [1.29, 1.82) is 0 Å². The zero-order valence-electron chi connectivity index (χ0n) is 22.7. The number of aliphatic carboxylic acids is 1. The second-order valence-electron chi connectivity index (χ2n) is 11.9. The van der Waals surface area contributed by atoms with Crippen molar-refractivity contribution < 1.29 is 9.90 Å². The van der Waals surface area contributed by atoms with Crippen molar-refractivity contribution in [3.05, 3.63) is 76.8 Å². The summed E-state index contributed by atoms with van der Waals surface area (Å²) in [5.41, 5.74) is 2.14. The Morgan fingerprint density at radius 1 is 0.923 bits per heavy atom. The second-order valence-corrected chi connectivity index (χ2v) is 11.9. The Balaban J connectivity index is 1.16. The third-order valence-corrected chi connectivity index (χ3v) is 9.59. The zero-order chi connectivity index (χ0) is 26.8. The van der Waals surface area contributed by atoms with E-state index in [0.717, 1.165) is 76.8 Å². The molecule has 3 aliphatic rings. The van der Waals surface area contributed by atoms with E-state index in [2.05, 4.69) is 49.7 Å². The summed E-state index contributed by atoms with van der Waals surface area (Å²) in [6.07, 6.45) is 9.38. The maximum atomic E-state index is 12.5. The summed E-state index contributed by atoms with van der Waals surface area (Å²) < 4.78 is 2.19. The molecule has 3 heterocycles. The van der Waals surface area contributed by atoms with Crippen LogP contribution in [0.5, 0.6) is 0 Å². The number of hydrogen-bond donors (Lipinski definition) is 1. The molecule has 6 rings (SSSR count). The van der Waals surface area contributed by atoms with Crippen LogP contribution in [0.4, 0.5) is 0 Å². The lowest BCUT2D eigenvalue weighted by atomic mass is 9.83. The molecule has 7 heteroatoms. The van der Waals surface area contributed by atoms with E-state index in [4.69, 9.17) is 0 Å². The van der Waals surface area contributed by atoms with Gasteiger partial charge in [0.1, 0.15) is 6.04 Å². The van der Waals surface area contributed by atoms with Crippen molar-refractivity contribution in [1.82, 2.24) is 19.4 Å². The highest BCUT2D eigenvalue weighted by Crippen LogP contribution is 2.39. The lowest BCUT2D eigenvalue weighted by Gasteiger charge is -2.36. The Hall–Kier alpha value is -3.03. The monoisotopic (exact) mass is 528 g/mol. The number of aromatic nitrogens is 2. The molecular formula is C32H40N4O3. The van der Waals surface area contributed by atoms with E-state index in [1.54, 1.807) is 6.33 Å². The van der Waals surface area contributed by atoms with Crippen molar-refractivity contribution in [2.75, 3.05) is 32.7 Å². The van der Waals surface area contributed by atoms with Crippen LogP contribution in [0.3, 0.4) is 0 Å². The molecule has 2 aliphatic heterocycles. The summed E-state index contributed by atoms with van der Waals surface area (Å²) in [5, 5.41) is 11.0. The second kappa shape index (κ2) is 11.6. The normalized spacial score (nSPS) is 24.7. The minimum absolute atomic E-state index is 0.162. The molecule has 7 nitrogen and oxygen atoms in total. The predicted molar refractivity (Wildman–Crippen MR) is 153 cm³/mol. The van der Waals surface area contributed by atoms with Gasteiger partial charge in [-0.05, 0) is 55.2 Å². The Bertz CT molecular complexity index is 1330. The molecule has 3 atom stereocenters. The molecule has 0 spiro atoms. The summed E-state index contributed by atoms with van der Waals surface area (Å²) in [6.45, 7) is 4.65. The van der Waals surface area contributed by atoms with Crippen molar-refractivity contribution in [2.45, 2.75) is 62.9 Å². The maximum Gasteiger partial charge on any atom is 0.321 e. The molecule has 1 aromatic heterocycles. The third-order valence-electron chi connectivity index (χ3n) is 9.59. The molecular weight excluding hydrogens is 488 g/mol. The topological polar surface area (TPSA) is 78.7 Å². The Kier molecular flexibility index (Phi) is 7.80. The van der Waals surface area contributed by atoms with Crippen molar-refractivity contribution in [2.24, 2.45) is 11.8 Å². The first-order valence-electron chi connectivity index (χ1n) is 14.8. The number of nitrogens with zero attached hydrogens (tertiary/aromatic N) is 4. The molecule has 39 heavy (non-hydrogen) atoms. The van der Waals surface area contributed by atoms with Gasteiger partial charge in [0.05, 0.1) is 17.2 Å². The highest BCUT2D eigenvalue weighted by atomic mass is 16.4. The number of carboxylic acid groups (broad SMARTS) is 1. The van der Waals surface area contributed by atoms with Crippen molar-refractivity contribution >= 4 is 16.9 Å². The standard InChI is InChI=1S/C32H40N4O3/c37-31-27-13-7-8-14-29(27)36(22-33-31)26-15-17-34(18-16-26)19-25-20-35(21-28(25)23-9-3-1-4-10-23)30(32(38)39)24-11-5-2-6-12-24/h1,3-4,7-10,13-14,22,24-26,28,30H,2,5-6,11-12,15-21H2,(H,38,39)/t25-,28+,30+/m0/s1. The smallest absolute Gasteiger partial charge is 0.321 e. The van der Waals surface area contributed by atoms with E-state index in [-0.39, 0.29) is 17.5 Å². The Morgan fingerprint density at radius 3 is 2.38 bits per heavy atom. The molecule has 2 aromatic carbocycles. The molecule has 1 N–H and O–H groups in total. The summed E-state index contributed by atoms with van der Waals surface area (Å²) in [6, 6.07) is 18.5. The van der Waals surface area contributed by atoms with Gasteiger partial charge in [0.25, 0.3) is 5.56 Å². The molecule has 3 fully saturated rings. The summed E-state index contributed by atoms with van der Waals surface area (Å²) in [5.74, 6) is 0.381. The van der Waals surface area contributed by atoms with Gasteiger partial charge in [0.15, 0.2) is 0 Å². The summed E-state index contributed by atoms with van der Waals surface area (Å²) in [4.78, 5) is 33.8. The summed E-state index contributed by atoms with van der Waals surface area (Å²) >= 11 is 0. The van der Waals surface area contributed by atoms with E-state index in [1.165, 1.54) is 12.0 Å². The van der Waals surface area contributed by atoms with Crippen molar-refractivity contribution in [3.63, 3.8) is 0 Å². The minimum Gasteiger partial charge on any atom is -0.480 e. The highest BCUT2D eigenvalue weighted by Gasteiger charge is 2.43. The van der Waals surface area contributed by atoms with Crippen LogP contribution < -0.4 is 5.56 Å². The fraction of sp³-hybridized carbons (Fsp3) is 0.531. The number of para-hydroxylation sites is 1. The van der Waals surface area contributed by atoms with Gasteiger partial charge in [-0.25, -0.2) is 0 Å². The number of fused-ring (bicyclic) bond motifs is 1. The van der Waals surface area contributed by atoms with E-state index >= 15 is 0 Å². The quantitative estimate of drug-likeness (QED) is 0.476. The third kappa shape index (κ3) is 5.52. The molecule has 0 bridgehead atoms. The highest BCUT2D eigenvalue weighted by molar-refractivity contribution is 5.77. The van der Waals surface area contributed by atoms with Crippen LogP contribution in [-0.4, -0.2) is 69.2 Å². The number of hydrogen-bond acceptors (Lipinski definition) is 5. The number of likely N-dealkylation sites (tertiary alicyclic amines) is 2. The van der Waals surface area contributed by atoms with Crippen LogP contribution in [0.2, 0.25) is 0 Å². The number of carbonyl (C=O) groups is 1. The molecule has 0 unspecified atom stereocenters. The minimum atomic E-state index is -0.642. The molecule has 0 radical (unpaired) electrons. The van der Waals surface area contributed by atoms with Gasteiger partial charge in [0.2, 0.25) is 0 Å². The van der Waals surface area contributed by atoms with Gasteiger partial charge in [-0.1, -0.05) is 61.7 Å². The zero-order valence-corrected chi connectivity index (χ0v) is 22.7. The van der Waals surface area contributed by atoms with Gasteiger partial charge in [-0.2, -0.15) is 4.98 Å². The lowest BCUT2D eigenvalue weighted by molar-refractivity contribution is -0.145. The van der Waals surface area contributed by atoms with Gasteiger partial charge in [-0.3, -0.25) is 14.5 Å². The van der Waals surface area contributed by atoms with Gasteiger partial charge in [0, 0.05) is 44.7 Å². The Morgan fingerprint density at radius 2 is 1.64 bits per heavy atom. The largest absolute Gasteiger partial charge is 0.480 e.